The Hall–Kier alpha value is -2.09. The van der Waals surface area contributed by atoms with E-state index in [9.17, 15) is 14.7 Å². The van der Waals surface area contributed by atoms with Crippen molar-refractivity contribution < 1.29 is 39.5 Å². The van der Waals surface area contributed by atoms with E-state index in [1.165, 1.54) is 0 Å². The number of carboxylic acids is 1. The zero-order chi connectivity index (χ0) is 19.2. The molecule has 0 aliphatic heterocycles. The average Bonchev–Trinajstić information content (AvgIpc) is 2.57. The molecule has 0 fully saturated rings. The molecule has 0 amide bonds. The molecule has 1 aromatic carbocycles. The van der Waals surface area contributed by atoms with Gasteiger partial charge in [-0.15, -0.1) is 0 Å². The fourth-order valence-corrected chi connectivity index (χ4v) is 3.31. The number of rotatable bonds is 4. The smallest absolute Gasteiger partial charge is 0.548 e. The van der Waals surface area contributed by atoms with Crippen LogP contribution >= 0.6 is 0 Å². The van der Waals surface area contributed by atoms with Crippen LogP contribution in [-0.4, -0.2) is 43.7 Å². The number of fused-ring (bicyclic) bond motifs is 2. The van der Waals surface area contributed by atoms with Gasteiger partial charge in [0.15, 0.2) is 5.43 Å². The molecule has 0 spiro atoms. The SMILES string of the molecule is Cc1ccc2c(=O)c3ccc(N(C)C)nc3n(CC(=O)[O-])c2c1N(C)C.[Na+]. The summed E-state index contributed by atoms with van der Waals surface area (Å²) in [6.45, 7) is 1.54. The average molecular weight is 376 g/mol. The third-order valence-corrected chi connectivity index (χ3v) is 4.42. The van der Waals surface area contributed by atoms with Gasteiger partial charge in [-0.25, -0.2) is 4.98 Å². The zero-order valence-corrected chi connectivity index (χ0v) is 18.5. The zero-order valence-electron chi connectivity index (χ0n) is 16.5. The van der Waals surface area contributed by atoms with Crippen molar-refractivity contribution in [2.75, 3.05) is 38.0 Å². The number of hydrogen-bond donors (Lipinski definition) is 0. The second-order valence-corrected chi connectivity index (χ2v) is 6.74. The predicted molar refractivity (Wildman–Crippen MR) is 102 cm³/mol. The summed E-state index contributed by atoms with van der Waals surface area (Å²) in [6, 6.07) is 7.06. The summed E-state index contributed by atoms with van der Waals surface area (Å²) in [4.78, 5) is 32.7. The molecular formula is C19H21N4NaO3. The molecule has 2 heterocycles. The second-order valence-electron chi connectivity index (χ2n) is 6.74. The van der Waals surface area contributed by atoms with Crippen LogP contribution in [0.4, 0.5) is 11.5 Å². The van der Waals surface area contributed by atoms with Crippen molar-refractivity contribution >= 4 is 39.4 Å². The first-order chi connectivity index (χ1) is 12.2. The van der Waals surface area contributed by atoms with Crippen molar-refractivity contribution in [1.29, 1.82) is 0 Å². The standard InChI is InChI=1S/C19H22N4O3.Na/c1-11-6-7-12-17(16(11)22(4)5)23(10-15(24)25)19-13(18(12)26)8-9-14(20-19)21(2)3;/h6-9H,10H2,1-5H3,(H,24,25);/q;+1/p-1. The van der Waals surface area contributed by atoms with E-state index in [1.54, 1.807) is 27.7 Å². The van der Waals surface area contributed by atoms with Crippen molar-refractivity contribution in [1.82, 2.24) is 9.55 Å². The van der Waals surface area contributed by atoms with Crippen LogP contribution in [0.25, 0.3) is 21.9 Å². The van der Waals surface area contributed by atoms with Gasteiger partial charge in [-0.1, -0.05) is 6.07 Å². The van der Waals surface area contributed by atoms with Gasteiger partial charge in [0, 0.05) is 33.6 Å². The predicted octanol–water partition coefficient (Wildman–Crippen LogP) is -2.26. The molecule has 7 nitrogen and oxygen atoms in total. The molecule has 136 valence electrons. The summed E-state index contributed by atoms with van der Waals surface area (Å²) in [5.74, 6) is -0.595. The maximum absolute atomic E-state index is 13.0. The van der Waals surface area contributed by atoms with Crippen LogP contribution < -0.4 is 49.9 Å². The van der Waals surface area contributed by atoms with Gasteiger partial charge in [-0.3, -0.25) is 4.79 Å². The Balaban J connectivity index is 0.00000261. The van der Waals surface area contributed by atoms with Gasteiger partial charge in [0.1, 0.15) is 11.5 Å². The molecule has 8 heteroatoms. The molecular weight excluding hydrogens is 355 g/mol. The number of carbonyl (C=O) groups excluding carboxylic acids is 1. The Labute approximate surface area is 179 Å². The number of anilines is 2. The maximum atomic E-state index is 13.0. The number of benzene rings is 1. The molecule has 0 aliphatic rings. The van der Waals surface area contributed by atoms with E-state index < -0.39 is 5.97 Å². The van der Waals surface area contributed by atoms with E-state index in [0.29, 0.717) is 27.8 Å². The molecule has 2 aromatic heterocycles. The molecule has 0 saturated heterocycles. The third kappa shape index (κ3) is 3.67. The van der Waals surface area contributed by atoms with Gasteiger partial charge in [0.2, 0.25) is 0 Å². The molecule has 0 N–H and O–H groups in total. The number of aliphatic carboxylic acids is 1. The van der Waals surface area contributed by atoms with Crippen LogP contribution in [0.5, 0.6) is 0 Å². The fourth-order valence-electron chi connectivity index (χ4n) is 3.31. The summed E-state index contributed by atoms with van der Waals surface area (Å²) in [7, 11) is 7.41. The van der Waals surface area contributed by atoms with Gasteiger partial charge >= 0.3 is 29.6 Å². The summed E-state index contributed by atoms with van der Waals surface area (Å²) in [5, 5.41) is 12.3. The van der Waals surface area contributed by atoms with Crippen molar-refractivity contribution in [3.63, 3.8) is 0 Å². The van der Waals surface area contributed by atoms with Crippen molar-refractivity contribution in [3.05, 3.63) is 40.1 Å². The van der Waals surface area contributed by atoms with E-state index in [2.05, 4.69) is 4.98 Å². The number of hydrogen-bond acceptors (Lipinski definition) is 6. The molecule has 0 unspecified atom stereocenters. The van der Waals surface area contributed by atoms with Crippen LogP contribution in [0.1, 0.15) is 5.56 Å². The minimum Gasteiger partial charge on any atom is -0.548 e. The molecule has 0 bridgehead atoms. The first-order valence-corrected chi connectivity index (χ1v) is 8.23. The Kier molecular flexibility index (Phi) is 6.19. The van der Waals surface area contributed by atoms with Crippen LogP contribution in [0.2, 0.25) is 0 Å². The number of aromatic nitrogens is 2. The molecule has 3 rings (SSSR count). The van der Waals surface area contributed by atoms with E-state index in [0.717, 1.165) is 11.3 Å². The first kappa shape index (κ1) is 21.2. The molecule has 0 atom stereocenters. The van der Waals surface area contributed by atoms with Crippen molar-refractivity contribution in [3.8, 4) is 0 Å². The Morgan fingerprint density at radius 1 is 1.07 bits per heavy atom. The minimum absolute atomic E-state index is 0. The summed E-state index contributed by atoms with van der Waals surface area (Å²) >= 11 is 0. The normalized spacial score (nSPS) is 10.7. The van der Waals surface area contributed by atoms with Crippen LogP contribution in [0.3, 0.4) is 0 Å². The maximum Gasteiger partial charge on any atom is 1.00 e. The van der Waals surface area contributed by atoms with E-state index in [4.69, 9.17) is 0 Å². The Bertz CT molecular complexity index is 1090. The summed E-state index contributed by atoms with van der Waals surface area (Å²) in [5.41, 5.74) is 2.47. The number of pyridine rings is 2. The second kappa shape index (κ2) is 7.88. The molecule has 0 saturated carbocycles. The van der Waals surface area contributed by atoms with E-state index in [1.807, 2.05) is 46.1 Å². The Morgan fingerprint density at radius 3 is 2.26 bits per heavy atom. The van der Waals surface area contributed by atoms with Crippen LogP contribution in [0.15, 0.2) is 29.1 Å². The molecule has 3 aromatic rings. The van der Waals surface area contributed by atoms with E-state index >= 15 is 0 Å². The molecule has 0 aliphatic carbocycles. The van der Waals surface area contributed by atoms with E-state index in [-0.39, 0.29) is 41.5 Å². The van der Waals surface area contributed by atoms with Crippen molar-refractivity contribution in [2.24, 2.45) is 0 Å². The van der Waals surface area contributed by atoms with Gasteiger partial charge < -0.3 is 24.3 Å². The van der Waals surface area contributed by atoms with Gasteiger partial charge in [-0.2, -0.15) is 0 Å². The monoisotopic (exact) mass is 376 g/mol. The van der Waals surface area contributed by atoms with Gasteiger partial charge in [-0.05, 0) is 30.7 Å². The third-order valence-electron chi connectivity index (χ3n) is 4.42. The van der Waals surface area contributed by atoms with Crippen molar-refractivity contribution in [2.45, 2.75) is 13.5 Å². The summed E-state index contributed by atoms with van der Waals surface area (Å²) < 4.78 is 1.57. The largest absolute Gasteiger partial charge is 1.00 e. The van der Waals surface area contributed by atoms with Gasteiger partial charge in [0.25, 0.3) is 0 Å². The Morgan fingerprint density at radius 2 is 1.70 bits per heavy atom. The molecule has 27 heavy (non-hydrogen) atoms. The number of aryl methyl sites for hydroxylation is 1. The van der Waals surface area contributed by atoms with Gasteiger partial charge in [0.05, 0.1) is 29.1 Å². The topological polar surface area (TPSA) is 81.5 Å². The fraction of sp³-hybridized carbons (Fsp3) is 0.316. The summed E-state index contributed by atoms with van der Waals surface area (Å²) in [6.07, 6.45) is 0. The first-order valence-electron chi connectivity index (χ1n) is 8.23. The minimum atomic E-state index is -1.24. The number of carboxylic acid groups (broad SMARTS) is 1. The molecule has 0 radical (unpaired) electrons. The quantitative estimate of drug-likeness (QED) is 0.378. The number of nitrogens with zero attached hydrogens (tertiary/aromatic N) is 4. The van der Waals surface area contributed by atoms with Crippen LogP contribution in [0, 0.1) is 6.92 Å². The van der Waals surface area contributed by atoms with Crippen LogP contribution in [-0.2, 0) is 11.3 Å². The number of carbonyl (C=O) groups is 1.